The van der Waals surface area contributed by atoms with Crippen molar-refractivity contribution < 1.29 is 14.8 Å². The van der Waals surface area contributed by atoms with Gasteiger partial charge in [-0.15, -0.1) is 0 Å². The summed E-state index contributed by atoms with van der Waals surface area (Å²) in [7, 11) is 1.58. The Balaban J connectivity index is 3.10. The summed E-state index contributed by atoms with van der Waals surface area (Å²) in [6.07, 6.45) is 1.50. The van der Waals surface area contributed by atoms with Gasteiger partial charge in [-0.05, 0) is 22.4 Å². The zero-order valence-corrected chi connectivity index (χ0v) is 11.4. The molecule has 0 aromatic carbocycles. The molecule has 0 fully saturated rings. The number of nitro groups is 1. The summed E-state index contributed by atoms with van der Waals surface area (Å²) in [5, 5.41) is 19.6. The summed E-state index contributed by atoms with van der Waals surface area (Å²) in [5.41, 5.74) is -0.151. The largest absolute Gasteiger partial charge is 0.480 e. The van der Waals surface area contributed by atoms with Crippen molar-refractivity contribution in [3.05, 3.63) is 26.9 Å². The van der Waals surface area contributed by atoms with Crippen molar-refractivity contribution in [3.8, 4) is 0 Å². The van der Waals surface area contributed by atoms with Crippen molar-refractivity contribution in [2.75, 3.05) is 11.9 Å². The van der Waals surface area contributed by atoms with E-state index in [4.69, 9.17) is 5.11 Å². The van der Waals surface area contributed by atoms with Gasteiger partial charge in [-0.2, -0.15) is 0 Å². The molecular weight excluding hydrogens is 306 g/mol. The molecule has 1 unspecified atom stereocenters. The predicted molar refractivity (Wildman–Crippen MR) is 68.7 cm³/mol. The van der Waals surface area contributed by atoms with Gasteiger partial charge in [-0.3, -0.25) is 10.1 Å². The molecule has 98 valence electrons. The lowest BCUT2D eigenvalue weighted by Gasteiger charge is -2.25. The van der Waals surface area contributed by atoms with Crippen LogP contribution in [-0.2, 0) is 4.79 Å². The van der Waals surface area contributed by atoms with Crippen LogP contribution >= 0.6 is 15.9 Å². The highest BCUT2D eigenvalue weighted by Gasteiger charge is 2.24. The Kier molecular flexibility index (Phi) is 4.60. The van der Waals surface area contributed by atoms with Crippen molar-refractivity contribution in [2.45, 2.75) is 19.4 Å². The predicted octanol–water partition coefficient (Wildman–Crippen LogP) is 2.05. The van der Waals surface area contributed by atoms with E-state index in [2.05, 4.69) is 20.9 Å². The number of carbonyl (C=O) groups is 1. The molecule has 0 aliphatic heterocycles. The topological polar surface area (TPSA) is 96.6 Å². The molecule has 0 aliphatic carbocycles. The van der Waals surface area contributed by atoms with Gasteiger partial charge in [0, 0.05) is 13.1 Å². The van der Waals surface area contributed by atoms with E-state index in [1.807, 2.05) is 0 Å². The first kappa shape index (κ1) is 14.4. The van der Waals surface area contributed by atoms with Gasteiger partial charge in [0.15, 0.2) is 0 Å². The minimum Gasteiger partial charge on any atom is -0.480 e. The third kappa shape index (κ3) is 2.95. The Morgan fingerprint density at radius 3 is 2.72 bits per heavy atom. The summed E-state index contributed by atoms with van der Waals surface area (Å²) in [6, 6.07) is 0.572. The van der Waals surface area contributed by atoms with Crippen molar-refractivity contribution in [1.29, 1.82) is 0 Å². The minimum atomic E-state index is -0.966. The SMILES string of the molecule is CCC(C(=O)O)N(C)c1ncc([N+](=O)[O-])cc1Br. The molecule has 1 N–H and O–H groups in total. The smallest absolute Gasteiger partial charge is 0.326 e. The monoisotopic (exact) mass is 317 g/mol. The van der Waals surface area contributed by atoms with E-state index < -0.39 is 16.9 Å². The van der Waals surface area contributed by atoms with Crippen LogP contribution in [0.25, 0.3) is 0 Å². The minimum absolute atomic E-state index is 0.151. The number of carboxylic acid groups (broad SMARTS) is 1. The molecule has 18 heavy (non-hydrogen) atoms. The number of rotatable bonds is 5. The first-order valence-electron chi connectivity index (χ1n) is 5.14. The van der Waals surface area contributed by atoms with Crippen LogP contribution in [0.4, 0.5) is 11.5 Å². The van der Waals surface area contributed by atoms with Gasteiger partial charge >= 0.3 is 5.97 Å². The maximum absolute atomic E-state index is 11.0. The summed E-state index contributed by atoms with van der Waals surface area (Å²) in [5.74, 6) is -0.609. The molecule has 8 heteroatoms. The number of hydrogen-bond acceptors (Lipinski definition) is 5. The molecule has 0 spiro atoms. The second-order valence-corrected chi connectivity index (χ2v) is 4.48. The van der Waals surface area contributed by atoms with Gasteiger partial charge in [0.05, 0.1) is 9.40 Å². The Hall–Kier alpha value is -1.70. The second-order valence-electron chi connectivity index (χ2n) is 3.63. The highest BCUT2D eigenvalue weighted by atomic mass is 79.9. The lowest BCUT2D eigenvalue weighted by molar-refractivity contribution is -0.385. The Labute approximate surface area is 112 Å². The maximum atomic E-state index is 11.0. The zero-order chi connectivity index (χ0) is 13.9. The lowest BCUT2D eigenvalue weighted by Crippen LogP contribution is -2.38. The normalized spacial score (nSPS) is 11.9. The first-order chi connectivity index (χ1) is 8.38. The van der Waals surface area contributed by atoms with E-state index in [0.29, 0.717) is 16.7 Å². The fourth-order valence-electron chi connectivity index (χ4n) is 1.54. The summed E-state index contributed by atoms with van der Waals surface area (Å²) >= 11 is 3.16. The summed E-state index contributed by atoms with van der Waals surface area (Å²) < 4.78 is 0.388. The number of pyridine rings is 1. The van der Waals surface area contributed by atoms with E-state index in [9.17, 15) is 14.9 Å². The Morgan fingerprint density at radius 1 is 1.72 bits per heavy atom. The standard InChI is InChI=1S/C10H12BrN3O4/c1-3-8(10(15)16)13(2)9-7(11)4-6(5-12-9)14(17)18/h4-5,8H,3H2,1-2H3,(H,15,16). The lowest BCUT2D eigenvalue weighted by atomic mass is 10.2. The van der Waals surface area contributed by atoms with Crippen LogP contribution in [0.2, 0.25) is 0 Å². The first-order valence-corrected chi connectivity index (χ1v) is 5.93. The fourth-order valence-corrected chi connectivity index (χ4v) is 2.16. The molecule has 0 saturated heterocycles. The van der Waals surface area contributed by atoms with Crippen LogP contribution in [0.1, 0.15) is 13.3 Å². The number of likely N-dealkylation sites (N-methyl/N-ethyl adjacent to an activating group) is 1. The van der Waals surface area contributed by atoms with Gasteiger partial charge in [-0.1, -0.05) is 6.92 Å². The Bertz CT molecular complexity index is 480. The molecule has 0 radical (unpaired) electrons. The van der Waals surface area contributed by atoms with Gasteiger partial charge in [0.2, 0.25) is 0 Å². The third-order valence-electron chi connectivity index (χ3n) is 2.49. The second kappa shape index (κ2) is 5.76. The van der Waals surface area contributed by atoms with Gasteiger partial charge in [0.25, 0.3) is 5.69 Å². The summed E-state index contributed by atoms with van der Waals surface area (Å²) in [6.45, 7) is 1.74. The molecule has 1 heterocycles. The van der Waals surface area contributed by atoms with Crippen LogP contribution < -0.4 is 4.90 Å². The molecular formula is C10H12BrN3O4. The van der Waals surface area contributed by atoms with Crippen LogP contribution in [0.3, 0.4) is 0 Å². The molecule has 1 atom stereocenters. The maximum Gasteiger partial charge on any atom is 0.326 e. The quantitative estimate of drug-likeness (QED) is 0.659. The number of aliphatic carboxylic acids is 1. The molecule has 1 aromatic heterocycles. The van der Waals surface area contributed by atoms with Crippen LogP contribution in [0.15, 0.2) is 16.7 Å². The number of halogens is 1. The van der Waals surface area contributed by atoms with Crippen molar-refractivity contribution in [1.82, 2.24) is 4.98 Å². The van der Waals surface area contributed by atoms with Crippen molar-refractivity contribution in [3.63, 3.8) is 0 Å². The number of nitrogens with zero attached hydrogens (tertiary/aromatic N) is 3. The molecule has 0 bridgehead atoms. The molecule has 7 nitrogen and oxygen atoms in total. The van der Waals surface area contributed by atoms with Gasteiger partial charge in [0.1, 0.15) is 18.1 Å². The Morgan fingerprint density at radius 2 is 2.33 bits per heavy atom. The summed E-state index contributed by atoms with van der Waals surface area (Å²) in [4.78, 5) is 26.4. The number of aromatic nitrogens is 1. The van der Waals surface area contributed by atoms with E-state index in [-0.39, 0.29) is 5.69 Å². The fraction of sp³-hybridized carbons (Fsp3) is 0.400. The average Bonchev–Trinajstić information content (AvgIpc) is 2.28. The highest BCUT2D eigenvalue weighted by Crippen LogP contribution is 2.28. The van der Waals surface area contributed by atoms with Gasteiger partial charge in [-0.25, -0.2) is 9.78 Å². The molecule has 0 amide bonds. The average molecular weight is 318 g/mol. The third-order valence-corrected chi connectivity index (χ3v) is 3.08. The van der Waals surface area contributed by atoms with Crippen molar-refractivity contribution >= 4 is 33.4 Å². The van der Waals surface area contributed by atoms with E-state index in [1.165, 1.54) is 11.0 Å². The number of anilines is 1. The van der Waals surface area contributed by atoms with Crippen LogP contribution in [0.5, 0.6) is 0 Å². The van der Waals surface area contributed by atoms with E-state index in [1.54, 1.807) is 14.0 Å². The number of carboxylic acids is 1. The van der Waals surface area contributed by atoms with Crippen LogP contribution in [-0.4, -0.2) is 34.1 Å². The van der Waals surface area contributed by atoms with E-state index >= 15 is 0 Å². The number of hydrogen-bond donors (Lipinski definition) is 1. The highest BCUT2D eigenvalue weighted by molar-refractivity contribution is 9.10. The van der Waals surface area contributed by atoms with E-state index in [0.717, 1.165) is 6.20 Å². The van der Waals surface area contributed by atoms with Crippen LogP contribution in [0, 0.1) is 10.1 Å². The molecule has 1 aromatic rings. The molecule has 0 saturated carbocycles. The van der Waals surface area contributed by atoms with Crippen molar-refractivity contribution in [2.24, 2.45) is 0 Å². The zero-order valence-electron chi connectivity index (χ0n) is 9.83. The molecule has 0 aliphatic rings. The van der Waals surface area contributed by atoms with Gasteiger partial charge < -0.3 is 10.0 Å². The molecule has 1 rings (SSSR count).